The van der Waals surface area contributed by atoms with E-state index >= 15 is 0 Å². The van der Waals surface area contributed by atoms with Gasteiger partial charge in [0.25, 0.3) is 5.91 Å². The summed E-state index contributed by atoms with van der Waals surface area (Å²) in [5, 5.41) is 2.56. The van der Waals surface area contributed by atoms with Crippen molar-refractivity contribution < 1.29 is 27.4 Å². The summed E-state index contributed by atoms with van der Waals surface area (Å²) in [5.41, 5.74) is 2.36. The standard InChI is InChI=1S/C19H20F3NO3/c1-12(2)16-9-4-13(3)10-17(16)25-11-18(24)23-14-5-7-15(8-6-14)26-19(20,21)22/h4-10,12H,11H2,1-3H3,(H,23,24). The molecule has 140 valence electrons. The van der Waals surface area contributed by atoms with Gasteiger partial charge in [-0.05, 0) is 54.3 Å². The SMILES string of the molecule is Cc1ccc(C(C)C)c(OCC(=O)Nc2ccc(OC(F)(F)F)cc2)c1. The lowest BCUT2D eigenvalue weighted by Gasteiger charge is -2.15. The van der Waals surface area contributed by atoms with E-state index in [0.29, 0.717) is 11.4 Å². The van der Waals surface area contributed by atoms with E-state index in [2.05, 4.69) is 10.1 Å². The fourth-order valence-corrected chi connectivity index (χ4v) is 2.32. The summed E-state index contributed by atoms with van der Waals surface area (Å²) >= 11 is 0. The molecule has 2 aromatic carbocycles. The van der Waals surface area contributed by atoms with Gasteiger partial charge in [0.15, 0.2) is 6.61 Å². The zero-order chi connectivity index (χ0) is 19.3. The molecular weight excluding hydrogens is 347 g/mol. The molecular formula is C19H20F3NO3. The zero-order valence-corrected chi connectivity index (χ0v) is 14.7. The Balaban J connectivity index is 1.94. The van der Waals surface area contributed by atoms with Crippen LogP contribution < -0.4 is 14.8 Å². The van der Waals surface area contributed by atoms with E-state index in [4.69, 9.17) is 4.74 Å². The van der Waals surface area contributed by atoms with E-state index in [0.717, 1.165) is 23.3 Å². The first-order chi connectivity index (χ1) is 12.1. The van der Waals surface area contributed by atoms with Crippen LogP contribution in [0.3, 0.4) is 0 Å². The fourth-order valence-electron chi connectivity index (χ4n) is 2.32. The second-order valence-corrected chi connectivity index (χ2v) is 6.11. The topological polar surface area (TPSA) is 47.6 Å². The van der Waals surface area contributed by atoms with Gasteiger partial charge in [-0.25, -0.2) is 0 Å². The Morgan fingerprint density at radius 1 is 1.12 bits per heavy atom. The number of carbonyl (C=O) groups is 1. The van der Waals surface area contributed by atoms with E-state index in [9.17, 15) is 18.0 Å². The number of ether oxygens (including phenoxy) is 2. The summed E-state index contributed by atoms with van der Waals surface area (Å²) in [6.45, 7) is 5.79. The minimum absolute atomic E-state index is 0.204. The van der Waals surface area contributed by atoms with Crippen LogP contribution in [0.2, 0.25) is 0 Å². The number of hydrogen-bond donors (Lipinski definition) is 1. The van der Waals surface area contributed by atoms with Crippen molar-refractivity contribution in [2.24, 2.45) is 0 Å². The highest BCUT2D eigenvalue weighted by atomic mass is 19.4. The summed E-state index contributed by atoms with van der Waals surface area (Å²) in [4.78, 5) is 12.0. The van der Waals surface area contributed by atoms with E-state index in [1.54, 1.807) is 0 Å². The highest BCUT2D eigenvalue weighted by molar-refractivity contribution is 5.91. The van der Waals surface area contributed by atoms with Gasteiger partial charge in [-0.15, -0.1) is 13.2 Å². The Kier molecular flexibility index (Phi) is 6.13. The molecule has 0 radical (unpaired) electrons. The molecule has 0 aliphatic rings. The lowest BCUT2D eigenvalue weighted by molar-refractivity contribution is -0.274. The minimum Gasteiger partial charge on any atom is -0.483 e. The predicted octanol–water partition coefficient (Wildman–Crippen LogP) is 5.03. The molecule has 7 heteroatoms. The van der Waals surface area contributed by atoms with Crippen molar-refractivity contribution in [3.05, 3.63) is 53.6 Å². The maximum absolute atomic E-state index is 12.1. The lowest BCUT2D eigenvalue weighted by Crippen LogP contribution is -2.21. The Morgan fingerprint density at radius 3 is 2.35 bits per heavy atom. The van der Waals surface area contributed by atoms with Crippen molar-refractivity contribution in [3.63, 3.8) is 0 Å². The third-order valence-corrected chi connectivity index (χ3v) is 3.52. The highest BCUT2D eigenvalue weighted by Gasteiger charge is 2.30. The van der Waals surface area contributed by atoms with Gasteiger partial charge in [0.2, 0.25) is 0 Å². The maximum atomic E-state index is 12.1. The molecule has 0 aliphatic heterocycles. The van der Waals surface area contributed by atoms with Crippen LogP contribution in [0.5, 0.6) is 11.5 Å². The van der Waals surface area contributed by atoms with Crippen LogP contribution in [0, 0.1) is 6.92 Å². The van der Waals surface area contributed by atoms with Gasteiger partial charge in [0.05, 0.1) is 0 Å². The Hall–Kier alpha value is -2.70. The molecule has 0 saturated carbocycles. The molecule has 0 saturated heterocycles. The second-order valence-electron chi connectivity index (χ2n) is 6.11. The molecule has 0 atom stereocenters. The summed E-state index contributed by atoms with van der Waals surface area (Å²) in [6.07, 6.45) is -4.75. The van der Waals surface area contributed by atoms with Crippen LogP contribution in [0.15, 0.2) is 42.5 Å². The monoisotopic (exact) mass is 367 g/mol. The molecule has 0 fully saturated rings. The molecule has 0 bridgehead atoms. The van der Waals surface area contributed by atoms with Crippen molar-refractivity contribution in [1.82, 2.24) is 0 Å². The number of anilines is 1. The van der Waals surface area contributed by atoms with Crippen LogP contribution in [0.25, 0.3) is 0 Å². The zero-order valence-electron chi connectivity index (χ0n) is 14.7. The number of nitrogens with one attached hydrogen (secondary N) is 1. The normalized spacial score (nSPS) is 11.3. The van der Waals surface area contributed by atoms with Crippen LogP contribution in [0.4, 0.5) is 18.9 Å². The number of halogens is 3. The molecule has 0 spiro atoms. The number of aryl methyl sites for hydroxylation is 1. The lowest BCUT2D eigenvalue weighted by atomic mass is 10.0. The Labute approximate surface area is 149 Å². The Morgan fingerprint density at radius 2 is 1.77 bits per heavy atom. The Bertz CT molecular complexity index is 756. The van der Waals surface area contributed by atoms with Crippen LogP contribution in [0.1, 0.15) is 30.9 Å². The molecule has 26 heavy (non-hydrogen) atoms. The molecule has 1 N–H and O–H groups in total. The van der Waals surface area contributed by atoms with Crippen molar-refractivity contribution in [3.8, 4) is 11.5 Å². The summed E-state index contributed by atoms with van der Waals surface area (Å²) in [5.74, 6) is 0.123. The molecule has 0 aliphatic carbocycles. The number of carbonyl (C=O) groups excluding carboxylic acids is 1. The minimum atomic E-state index is -4.75. The average molecular weight is 367 g/mol. The first-order valence-electron chi connectivity index (χ1n) is 8.03. The van der Waals surface area contributed by atoms with Crippen LogP contribution in [-0.2, 0) is 4.79 Å². The highest BCUT2D eigenvalue weighted by Crippen LogP contribution is 2.27. The number of benzene rings is 2. The van der Waals surface area contributed by atoms with Crippen molar-refractivity contribution in [1.29, 1.82) is 0 Å². The summed E-state index contributed by atoms with van der Waals surface area (Å²) in [7, 11) is 0. The van der Waals surface area contributed by atoms with Crippen molar-refractivity contribution >= 4 is 11.6 Å². The van der Waals surface area contributed by atoms with Crippen molar-refractivity contribution in [2.45, 2.75) is 33.1 Å². The van der Waals surface area contributed by atoms with Gasteiger partial charge in [0, 0.05) is 5.69 Å². The molecule has 2 rings (SSSR count). The first-order valence-corrected chi connectivity index (χ1v) is 8.03. The van der Waals surface area contributed by atoms with Gasteiger partial charge < -0.3 is 14.8 Å². The van der Waals surface area contributed by atoms with Crippen LogP contribution in [-0.4, -0.2) is 18.9 Å². The molecule has 4 nitrogen and oxygen atoms in total. The van der Waals surface area contributed by atoms with Gasteiger partial charge >= 0.3 is 6.36 Å². The van der Waals surface area contributed by atoms with E-state index in [1.165, 1.54) is 12.1 Å². The first kappa shape index (κ1) is 19.6. The fraction of sp³-hybridized carbons (Fsp3) is 0.316. The molecule has 1 amide bonds. The third-order valence-electron chi connectivity index (χ3n) is 3.52. The van der Waals surface area contributed by atoms with Crippen molar-refractivity contribution in [2.75, 3.05) is 11.9 Å². The average Bonchev–Trinajstić information content (AvgIpc) is 2.53. The molecule has 0 aromatic heterocycles. The van der Waals surface area contributed by atoms with Gasteiger partial charge in [-0.1, -0.05) is 26.0 Å². The second kappa shape index (κ2) is 8.12. The van der Waals surface area contributed by atoms with Gasteiger partial charge in [-0.3, -0.25) is 4.79 Å². The largest absolute Gasteiger partial charge is 0.573 e. The summed E-state index contributed by atoms with van der Waals surface area (Å²) in [6, 6.07) is 10.7. The smallest absolute Gasteiger partial charge is 0.483 e. The number of alkyl halides is 3. The molecule has 2 aromatic rings. The van der Waals surface area contributed by atoms with Gasteiger partial charge in [0.1, 0.15) is 11.5 Å². The number of hydrogen-bond acceptors (Lipinski definition) is 3. The molecule has 0 unspecified atom stereocenters. The van der Waals surface area contributed by atoms with E-state index in [-0.39, 0.29) is 18.3 Å². The van der Waals surface area contributed by atoms with E-state index < -0.39 is 12.3 Å². The number of rotatable bonds is 6. The quantitative estimate of drug-likeness (QED) is 0.779. The van der Waals surface area contributed by atoms with E-state index in [1.807, 2.05) is 39.0 Å². The maximum Gasteiger partial charge on any atom is 0.573 e. The summed E-state index contributed by atoms with van der Waals surface area (Å²) < 4.78 is 45.8. The third kappa shape index (κ3) is 5.98. The van der Waals surface area contributed by atoms with Crippen LogP contribution >= 0.6 is 0 Å². The van der Waals surface area contributed by atoms with Gasteiger partial charge in [-0.2, -0.15) is 0 Å². The molecule has 0 heterocycles. The number of amides is 1. The predicted molar refractivity (Wildman–Crippen MR) is 92.5 cm³/mol.